The fraction of sp³-hybridized carbons (Fsp3) is 0.444. The first-order valence-electron chi connectivity index (χ1n) is 8.24. The molecule has 0 saturated carbocycles. The molecule has 0 fully saturated rings. The molecule has 2 aromatic rings. The smallest absolute Gasteiger partial charge is 0.344 e. The van der Waals surface area contributed by atoms with Crippen LogP contribution in [-0.2, 0) is 4.74 Å². The van der Waals surface area contributed by atoms with E-state index in [9.17, 15) is 14.0 Å². The molecular weight excluding hydrogens is 329 g/mol. The van der Waals surface area contributed by atoms with Gasteiger partial charge in [0, 0.05) is 5.39 Å². The summed E-state index contributed by atoms with van der Waals surface area (Å²) < 4.78 is 18.5. The molecule has 4 nitrogen and oxygen atoms in total. The van der Waals surface area contributed by atoms with Gasteiger partial charge in [-0.2, -0.15) is 0 Å². The summed E-state index contributed by atoms with van der Waals surface area (Å²) in [5.41, 5.74) is -0.00120. The van der Waals surface area contributed by atoms with Crippen molar-refractivity contribution in [2.24, 2.45) is 0 Å². The number of ether oxygens (including phenoxy) is 1. The van der Waals surface area contributed by atoms with Crippen LogP contribution in [0.1, 0.15) is 49.9 Å². The van der Waals surface area contributed by atoms with Gasteiger partial charge in [0.25, 0.3) is 0 Å². The Balaban J connectivity index is 2.39. The van der Waals surface area contributed by atoms with E-state index in [1.807, 2.05) is 0 Å². The summed E-state index contributed by atoms with van der Waals surface area (Å²) in [5, 5.41) is 0.655. The molecule has 0 atom stereocenters. The SMILES string of the molecule is CCCCCCSc1[nH]c2ccc(F)cc2c(=O)c1C(=O)OCC. The predicted octanol–water partition coefficient (Wildman–Crippen LogP) is 4.52. The number of H-pyrrole nitrogens is 1. The number of aromatic amines is 1. The molecule has 0 bridgehead atoms. The van der Waals surface area contributed by atoms with Crippen LogP contribution in [0.3, 0.4) is 0 Å². The number of halogens is 1. The molecule has 130 valence electrons. The van der Waals surface area contributed by atoms with Crippen LogP contribution in [0.4, 0.5) is 4.39 Å². The first kappa shape index (κ1) is 18.5. The van der Waals surface area contributed by atoms with Gasteiger partial charge in [-0.15, -0.1) is 11.8 Å². The van der Waals surface area contributed by atoms with Gasteiger partial charge in [0.2, 0.25) is 5.43 Å². The first-order valence-corrected chi connectivity index (χ1v) is 9.22. The third-order valence-electron chi connectivity index (χ3n) is 3.65. The Morgan fingerprint density at radius 1 is 1.25 bits per heavy atom. The van der Waals surface area contributed by atoms with Crippen LogP contribution in [0.5, 0.6) is 0 Å². The van der Waals surface area contributed by atoms with E-state index in [-0.39, 0.29) is 17.6 Å². The molecule has 0 saturated heterocycles. The monoisotopic (exact) mass is 351 g/mol. The fourth-order valence-electron chi connectivity index (χ4n) is 2.44. The number of pyridine rings is 1. The number of benzene rings is 1. The lowest BCUT2D eigenvalue weighted by Gasteiger charge is -2.10. The Morgan fingerprint density at radius 2 is 2.04 bits per heavy atom. The summed E-state index contributed by atoms with van der Waals surface area (Å²) in [5.74, 6) is -0.376. The zero-order chi connectivity index (χ0) is 17.5. The number of esters is 1. The van der Waals surface area contributed by atoms with E-state index >= 15 is 0 Å². The summed E-state index contributed by atoms with van der Waals surface area (Å²) in [6.07, 6.45) is 4.43. The average Bonchev–Trinajstić information content (AvgIpc) is 2.55. The van der Waals surface area contributed by atoms with Crippen molar-refractivity contribution in [2.75, 3.05) is 12.4 Å². The minimum atomic E-state index is -0.666. The molecule has 1 aromatic heterocycles. The van der Waals surface area contributed by atoms with E-state index in [4.69, 9.17) is 4.74 Å². The standard InChI is InChI=1S/C18H22FNO3S/c1-3-5-6-7-10-24-17-15(18(22)23-4-2)16(21)13-11-12(19)8-9-14(13)20-17/h8-9,11H,3-7,10H2,1-2H3,(H,20,21). The summed E-state index contributed by atoms with van der Waals surface area (Å²) >= 11 is 1.43. The minimum absolute atomic E-state index is 0.0320. The molecule has 0 spiro atoms. The third kappa shape index (κ3) is 4.38. The lowest BCUT2D eigenvalue weighted by molar-refractivity contribution is 0.0520. The molecule has 2 rings (SSSR count). The van der Waals surface area contributed by atoms with E-state index in [0.717, 1.165) is 31.1 Å². The molecule has 24 heavy (non-hydrogen) atoms. The van der Waals surface area contributed by atoms with Crippen LogP contribution in [0.15, 0.2) is 28.0 Å². The van der Waals surface area contributed by atoms with Crippen molar-refractivity contribution in [2.45, 2.75) is 44.6 Å². The predicted molar refractivity (Wildman–Crippen MR) is 95.3 cm³/mol. The Bertz CT molecular complexity index is 773. The zero-order valence-electron chi connectivity index (χ0n) is 14.0. The number of carbonyl (C=O) groups excluding carboxylic acids is 1. The summed E-state index contributed by atoms with van der Waals surface area (Å²) in [6.45, 7) is 4.01. The van der Waals surface area contributed by atoms with Gasteiger partial charge in [-0.3, -0.25) is 4.79 Å². The molecule has 0 aliphatic carbocycles. The van der Waals surface area contributed by atoms with E-state index in [2.05, 4.69) is 11.9 Å². The van der Waals surface area contributed by atoms with Crippen molar-refractivity contribution in [3.8, 4) is 0 Å². The van der Waals surface area contributed by atoms with E-state index < -0.39 is 17.2 Å². The molecule has 0 aliphatic heterocycles. The van der Waals surface area contributed by atoms with E-state index in [1.165, 1.54) is 30.3 Å². The first-order chi connectivity index (χ1) is 11.6. The Hall–Kier alpha value is -1.82. The molecule has 0 aliphatic rings. The van der Waals surface area contributed by atoms with Crippen LogP contribution in [0.25, 0.3) is 10.9 Å². The van der Waals surface area contributed by atoms with Gasteiger partial charge in [0.1, 0.15) is 11.4 Å². The van der Waals surface area contributed by atoms with Crippen molar-refractivity contribution >= 4 is 28.6 Å². The number of nitrogens with one attached hydrogen (secondary N) is 1. The summed E-state index contributed by atoms with van der Waals surface area (Å²) in [4.78, 5) is 27.9. The average molecular weight is 351 g/mol. The fourth-order valence-corrected chi connectivity index (χ4v) is 3.49. The minimum Gasteiger partial charge on any atom is -0.462 e. The van der Waals surface area contributed by atoms with Gasteiger partial charge in [-0.25, -0.2) is 9.18 Å². The number of thioether (sulfide) groups is 1. The van der Waals surface area contributed by atoms with Crippen molar-refractivity contribution in [1.82, 2.24) is 4.98 Å². The highest BCUT2D eigenvalue weighted by atomic mass is 32.2. The topological polar surface area (TPSA) is 59.2 Å². The molecule has 0 radical (unpaired) electrons. The number of carbonyl (C=O) groups is 1. The van der Waals surface area contributed by atoms with Crippen molar-refractivity contribution in [1.29, 1.82) is 0 Å². The van der Waals surface area contributed by atoms with Crippen molar-refractivity contribution < 1.29 is 13.9 Å². The Kier molecular flexibility index (Phi) is 6.85. The van der Waals surface area contributed by atoms with Gasteiger partial charge >= 0.3 is 5.97 Å². The molecule has 6 heteroatoms. The van der Waals surface area contributed by atoms with Gasteiger partial charge < -0.3 is 9.72 Å². The number of fused-ring (bicyclic) bond motifs is 1. The second kappa shape index (κ2) is 8.87. The van der Waals surface area contributed by atoms with Gasteiger partial charge in [0.15, 0.2) is 0 Å². The number of hydrogen-bond donors (Lipinski definition) is 1. The Morgan fingerprint density at radius 3 is 2.75 bits per heavy atom. The van der Waals surface area contributed by atoms with Gasteiger partial charge in [0.05, 0.1) is 17.1 Å². The van der Waals surface area contributed by atoms with Crippen molar-refractivity contribution in [3.63, 3.8) is 0 Å². The van der Waals surface area contributed by atoms with Crippen LogP contribution in [0, 0.1) is 5.82 Å². The normalized spacial score (nSPS) is 11.0. The van der Waals surface area contributed by atoms with Crippen LogP contribution >= 0.6 is 11.8 Å². The summed E-state index contributed by atoms with van der Waals surface area (Å²) in [6, 6.07) is 3.95. The molecule has 1 aromatic carbocycles. The van der Waals surface area contributed by atoms with Crippen LogP contribution in [0.2, 0.25) is 0 Å². The highest BCUT2D eigenvalue weighted by Gasteiger charge is 2.20. The molecule has 0 unspecified atom stereocenters. The number of rotatable bonds is 8. The summed E-state index contributed by atoms with van der Waals surface area (Å²) in [7, 11) is 0. The number of unbranched alkanes of at least 4 members (excludes halogenated alkanes) is 3. The number of hydrogen-bond acceptors (Lipinski definition) is 4. The molecule has 1 N–H and O–H groups in total. The van der Waals surface area contributed by atoms with Gasteiger partial charge in [-0.05, 0) is 37.3 Å². The lowest BCUT2D eigenvalue weighted by atomic mass is 10.1. The van der Waals surface area contributed by atoms with Crippen LogP contribution in [-0.4, -0.2) is 23.3 Å². The second-order valence-electron chi connectivity index (χ2n) is 5.48. The second-order valence-corrected chi connectivity index (χ2v) is 6.58. The number of aromatic nitrogens is 1. The van der Waals surface area contributed by atoms with Gasteiger partial charge in [-0.1, -0.05) is 26.2 Å². The van der Waals surface area contributed by atoms with Crippen molar-refractivity contribution in [3.05, 3.63) is 39.8 Å². The quantitative estimate of drug-likeness (QED) is 0.432. The van der Waals surface area contributed by atoms with Crippen LogP contribution < -0.4 is 5.43 Å². The van der Waals surface area contributed by atoms with E-state index in [0.29, 0.717) is 10.5 Å². The van der Waals surface area contributed by atoms with E-state index in [1.54, 1.807) is 6.92 Å². The lowest BCUT2D eigenvalue weighted by Crippen LogP contribution is -2.20. The zero-order valence-corrected chi connectivity index (χ0v) is 14.8. The largest absolute Gasteiger partial charge is 0.462 e. The maximum atomic E-state index is 13.4. The maximum Gasteiger partial charge on any atom is 0.344 e. The Labute approximate surface area is 144 Å². The highest BCUT2D eigenvalue weighted by molar-refractivity contribution is 7.99. The molecule has 0 amide bonds. The third-order valence-corrected chi connectivity index (χ3v) is 4.74. The molecule has 1 heterocycles. The highest BCUT2D eigenvalue weighted by Crippen LogP contribution is 2.24. The molecular formula is C18H22FNO3S. The maximum absolute atomic E-state index is 13.4.